The van der Waals surface area contributed by atoms with Crippen molar-refractivity contribution < 1.29 is 21.6 Å². The smallest absolute Gasteiger partial charge is 0.280 e. The van der Waals surface area contributed by atoms with Gasteiger partial charge in [-0.15, -0.1) is 0 Å². The number of hydrogen-bond acceptors (Lipinski definition) is 3. The third kappa shape index (κ3) is 4.46. The summed E-state index contributed by atoms with van der Waals surface area (Å²) in [6.45, 7) is 0. The molecule has 0 saturated carbocycles. The van der Waals surface area contributed by atoms with Crippen LogP contribution in [0.25, 0.3) is 16.9 Å². The summed E-state index contributed by atoms with van der Waals surface area (Å²) in [4.78, 5) is -0.153. The predicted molar refractivity (Wildman–Crippen MR) is 111 cm³/mol. The van der Waals surface area contributed by atoms with Gasteiger partial charge in [-0.3, -0.25) is 4.72 Å². The Labute approximate surface area is 176 Å². The second kappa shape index (κ2) is 7.92. The molecule has 0 radical (unpaired) electrons. The molecule has 0 saturated heterocycles. The van der Waals surface area contributed by atoms with E-state index in [1.165, 1.54) is 16.9 Å². The van der Waals surface area contributed by atoms with E-state index in [1.54, 1.807) is 54.6 Å². The Hall–Kier alpha value is -3.59. The number of alkyl halides is 3. The number of para-hydroxylation sites is 1. The molecule has 1 N–H and O–H groups in total. The zero-order valence-electron chi connectivity index (χ0n) is 15.9. The van der Waals surface area contributed by atoms with E-state index in [2.05, 4.69) is 9.82 Å². The zero-order valence-corrected chi connectivity index (χ0v) is 16.7. The molecule has 1 aromatic heterocycles. The maximum Gasteiger partial charge on any atom is 0.416 e. The average Bonchev–Trinajstić information content (AvgIpc) is 3.21. The summed E-state index contributed by atoms with van der Waals surface area (Å²) < 4.78 is 69.0. The highest BCUT2D eigenvalue weighted by Crippen LogP contribution is 2.32. The molecule has 4 rings (SSSR count). The average molecular weight is 443 g/mol. The molecule has 0 spiro atoms. The van der Waals surface area contributed by atoms with Crippen LogP contribution in [0.3, 0.4) is 0 Å². The van der Waals surface area contributed by atoms with E-state index in [0.29, 0.717) is 11.3 Å². The first kappa shape index (κ1) is 20.7. The minimum atomic E-state index is -4.59. The summed E-state index contributed by atoms with van der Waals surface area (Å²) in [5.41, 5.74) is 0.239. The van der Waals surface area contributed by atoms with Crippen molar-refractivity contribution in [3.63, 3.8) is 0 Å². The molecule has 4 aromatic rings. The quantitative estimate of drug-likeness (QED) is 0.452. The van der Waals surface area contributed by atoms with Gasteiger partial charge in [-0.25, -0.2) is 13.1 Å². The van der Waals surface area contributed by atoms with Gasteiger partial charge in [0.15, 0.2) is 0 Å². The Morgan fingerprint density at radius 3 is 2.13 bits per heavy atom. The molecule has 0 fully saturated rings. The maximum absolute atomic E-state index is 13.2. The monoisotopic (exact) mass is 443 g/mol. The summed E-state index contributed by atoms with van der Waals surface area (Å²) >= 11 is 0. The van der Waals surface area contributed by atoms with Gasteiger partial charge in [0.2, 0.25) is 0 Å². The molecule has 9 heteroatoms. The van der Waals surface area contributed by atoms with Crippen LogP contribution in [0.4, 0.5) is 18.9 Å². The topological polar surface area (TPSA) is 64.0 Å². The van der Waals surface area contributed by atoms with Gasteiger partial charge in [-0.2, -0.15) is 18.3 Å². The minimum Gasteiger partial charge on any atom is -0.280 e. The Bertz CT molecular complexity index is 1300. The number of nitrogens with zero attached hydrogens (tertiary/aromatic N) is 2. The number of benzene rings is 3. The Morgan fingerprint density at radius 2 is 1.48 bits per heavy atom. The number of hydrogen-bond donors (Lipinski definition) is 1. The van der Waals surface area contributed by atoms with Gasteiger partial charge in [0.05, 0.1) is 17.4 Å². The lowest BCUT2D eigenvalue weighted by molar-refractivity contribution is -0.137. The largest absolute Gasteiger partial charge is 0.416 e. The van der Waals surface area contributed by atoms with Gasteiger partial charge in [0.25, 0.3) is 10.0 Å². The fourth-order valence-electron chi connectivity index (χ4n) is 3.03. The van der Waals surface area contributed by atoms with Gasteiger partial charge in [0.1, 0.15) is 10.6 Å². The van der Waals surface area contributed by atoms with Crippen LogP contribution in [0.15, 0.2) is 96.0 Å². The summed E-state index contributed by atoms with van der Waals surface area (Å²) in [7, 11) is -4.24. The SMILES string of the molecule is O=S(=O)(Nc1cccc(C(F)(F)F)c1)c1cn(-c2ccccc2)nc1-c1ccccc1. The van der Waals surface area contributed by atoms with Gasteiger partial charge in [-0.1, -0.05) is 54.6 Å². The number of rotatable bonds is 5. The molecule has 1 heterocycles. The van der Waals surface area contributed by atoms with Crippen LogP contribution in [0, 0.1) is 0 Å². The molecule has 0 bridgehead atoms. The van der Waals surface area contributed by atoms with Crippen molar-refractivity contribution in [3.8, 4) is 16.9 Å². The first-order valence-electron chi connectivity index (χ1n) is 9.15. The third-order valence-corrected chi connectivity index (χ3v) is 5.86. The fraction of sp³-hybridized carbons (Fsp3) is 0.0455. The van der Waals surface area contributed by atoms with Crippen LogP contribution in [-0.2, 0) is 16.2 Å². The Balaban J connectivity index is 1.80. The summed E-state index contributed by atoms with van der Waals surface area (Å²) in [6, 6.07) is 21.6. The lowest BCUT2D eigenvalue weighted by Crippen LogP contribution is -2.14. The molecule has 5 nitrogen and oxygen atoms in total. The highest BCUT2D eigenvalue weighted by Gasteiger charge is 2.31. The van der Waals surface area contributed by atoms with Crippen molar-refractivity contribution in [1.82, 2.24) is 9.78 Å². The molecule has 158 valence electrons. The second-order valence-corrected chi connectivity index (χ2v) is 8.32. The molecular weight excluding hydrogens is 427 g/mol. The third-order valence-electron chi connectivity index (χ3n) is 4.48. The molecule has 0 aliphatic carbocycles. The summed E-state index contributed by atoms with van der Waals surface area (Å²) in [6.07, 6.45) is -3.25. The van der Waals surface area contributed by atoms with E-state index in [0.717, 1.165) is 18.2 Å². The first-order chi connectivity index (χ1) is 14.7. The van der Waals surface area contributed by atoms with Gasteiger partial charge in [0, 0.05) is 11.3 Å². The molecule has 0 aliphatic rings. The van der Waals surface area contributed by atoms with Gasteiger partial charge in [-0.05, 0) is 30.3 Å². The van der Waals surface area contributed by atoms with E-state index in [1.807, 2.05) is 6.07 Å². The summed E-state index contributed by atoms with van der Waals surface area (Å²) in [5, 5.41) is 4.43. The first-order valence-corrected chi connectivity index (χ1v) is 10.6. The molecular formula is C22H16F3N3O2S. The standard InChI is InChI=1S/C22H16F3N3O2S/c23-22(24,25)17-10-7-11-18(14-17)27-31(29,30)20-15-28(19-12-5-2-6-13-19)26-21(20)16-8-3-1-4-9-16/h1-15,27H. The van der Waals surface area contributed by atoms with Crippen molar-refractivity contribution in [2.45, 2.75) is 11.1 Å². The van der Waals surface area contributed by atoms with Crippen LogP contribution in [-0.4, -0.2) is 18.2 Å². The lowest BCUT2D eigenvalue weighted by Gasteiger charge is -2.11. The minimum absolute atomic E-state index is 0.153. The van der Waals surface area contributed by atoms with Crippen molar-refractivity contribution in [1.29, 1.82) is 0 Å². The maximum atomic E-state index is 13.2. The molecule has 0 aliphatic heterocycles. The molecule has 0 amide bonds. The number of anilines is 1. The highest BCUT2D eigenvalue weighted by molar-refractivity contribution is 7.92. The predicted octanol–water partition coefficient (Wildman–Crippen LogP) is 5.36. The van der Waals surface area contributed by atoms with Gasteiger partial charge < -0.3 is 0 Å². The molecule has 31 heavy (non-hydrogen) atoms. The highest BCUT2D eigenvalue weighted by atomic mass is 32.2. The summed E-state index contributed by atoms with van der Waals surface area (Å²) in [5.74, 6) is 0. The Morgan fingerprint density at radius 1 is 0.839 bits per heavy atom. The lowest BCUT2D eigenvalue weighted by atomic mass is 10.2. The Kier molecular flexibility index (Phi) is 5.28. The van der Waals surface area contributed by atoms with Crippen molar-refractivity contribution in [2.24, 2.45) is 0 Å². The van der Waals surface area contributed by atoms with Crippen LogP contribution < -0.4 is 4.72 Å². The normalized spacial score (nSPS) is 12.0. The van der Waals surface area contributed by atoms with Crippen LogP contribution in [0.2, 0.25) is 0 Å². The van der Waals surface area contributed by atoms with E-state index >= 15 is 0 Å². The van der Waals surface area contributed by atoms with Crippen LogP contribution >= 0.6 is 0 Å². The van der Waals surface area contributed by atoms with Gasteiger partial charge >= 0.3 is 6.18 Å². The molecule has 0 unspecified atom stereocenters. The van der Waals surface area contributed by atoms with E-state index in [4.69, 9.17) is 0 Å². The fourth-order valence-corrected chi connectivity index (χ4v) is 4.23. The van der Waals surface area contributed by atoms with E-state index < -0.39 is 21.8 Å². The number of halogens is 3. The van der Waals surface area contributed by atoms with Crippen LogP contribution in [0.5, 0.6) is 0 Å². The second-order valence-electron chi connectivity index (χ2n) is 6.67. The van der Waals surface area contributed by atoms with Crippen molar-refractivity contribution in [3.05, 3.63) is 96.7 Å². The number of aromatic nitrogens is 2. The zero-order chi connectivity index (χ0) is 22.1. The molecule has 3 aromatic carbocycles. The molecule has 0 atom stereocenters. The number of nitrogens with one attached hydrogen (secondary N) is 1. The van der Waals surface area contributed by atoms with Crippen molar-refractivity contribution in [2.75, 3.05) is 4.72 Å². The van der Waals surface area contributed by atoms with Crippen molar-refractivity contribution >= 4 is 15.7 Å². The van der Waals surface area contributed by atoms with Crippen LogP contribution in [0.1, 0.15) is 5.56 Å². The number of sulfonamides is 1. The van der Waals surface area contributed by atoms with E-state index in [-0.39, 0.29) is 16.3 Å². The van der Waals surface area contributed by atoms with E-state index in [9.17, 15) is 21.6 Å².